The molecule has 130 valence electrons. The van der Waals surface area contributed by atoms with Gasteiger partial charge in [0.25, 0.3) is 10.1 Å². The van der Waals surface area contributed by atoms with E-state index in [0.717, 1.165) is 12.8 Å². The largest absolute Gasteiger partial charge is 0.286 e. The maximum Gasteiger partial charge on any atom is 0.264 e. The maximum absolute atomic E-state index is 10.5. The second-order valence-electron chi connectivity index (χ2n) is 5.33. The van der Waals surface area contributed by atoms with E-state index >= 15 is 0 Å². The smallest absolute Gasteiger partial charge is 0.264 e. The van der Waals surface area contributed by atoms with Crippen LogP contribution in [0.15, 0.2) is 36.5 Å². The van der Waals surface area contributed by atoms with Crippen molar-refractivity contribution >= 4 is 10.1 Å². The molecule has 3 nitrogen and oxygen atoms in total. The van der Waals surface area contributed by atoms with Gasteiger partial charge in [-0.25, -0.2) is 0 Å². The van der Waals surface area contributed by atoms with Crippen LogP contribution < -0.4 is 0 Å². The van der Waals surface area contributed by atoms with E-state index in [4.69, 9.17) is 4.55 Å². The first-order valence-corrected chi connectivity index (χ1v) is 10.0. The highest BCUT2D eigenvalue weighted by atomic mass is 32.2. The molecule has 0 aromatic heterocycles. The molecular formula is C19H30O3S. The van der Waals surface area contributed by atoms with E-state index in [1.54, 1.807) is 0 Å². The van der Waals surface area contributed by atoms with E-state index in [0.29, 0.717) is 19.3 Å². The van der Waals surface area contributed by atoms with Gasteiger partial charge in [0.1, 0.15) is 0 Å². The fourth-order valence-corrected chi connectivity index (χ4v) is 2.33. The lowest BCUT2D eigenvalue weighted by molar-refractivity contribution is 0.481. The summed E-state index contributed by atoms with van der Waals surface area (Å²) in [7, 11) is -3.84. The second kappa shape index (κ2) is 15.6. The highest BCUT2D eigenvalue weighted by molar-refractivity contribution is 7.85. The average molecular weight is 339 g/mol. The maximum atomic E-state index is 10.5. The van der Waals surface area contributed by atoms with Crippen molar-refractivity contribution in [2.24, 2.45) is 0 Å². The van der Waals surface area contributed by atoms with Crippen LogP contribution >= 0.6 is 0 Å². The molecule has 0 spiro atoms. The Bertz CT molecular complexity index is 517. The molecule has 0 radical (unpaired) electrons. The van der Waals surface area contributed by atoms with Crippen LogP contribution in [0.1, 0.15) is 64.7 Å². The van der Waals surface area contributed by atoms with Crippen LogP contribution in [0.5, 0.6) is 0 Å². The molecule has 0 saturated heterocycles. The van der Waals surface area contributed by atoms with E-state index in [9.17, 15) is 8.42 Å². The Hall–Kier alpha value is -1.31. The van der Waals surface area contributed by atoms with Crippen molar-refractivity contribution in [2.75, 3.05) is 5.75 Å². The molecule has 23 heavy (non-hydrogen) atoms. The van der Waals surface area contributed by atoms with Crippen molar-refractivity contribution < 1.29 is 13.0 Å². The Morgan fingerprint density at radius 3 is 2.17 bits per heavy atom. The lowest BCUT2D eigenvalue weighted by Crippen LogP contribution is -2.02. The number of hydrogen-bond donors (Lipinski definition) is 1. The van der Waals surface area contributed by atoms with Crippen LogP contribution in [0.4, 0.5) is 0 Å². The van der Waals surface area contributed by atoms with E-state index < -0.39 is 10.1 Å². The Morgan fingerprint density at radius 2 is 1.52 bits per heavy atom. The number of unbranched alkanes of at least 4 members (excludes halogenated alkanes) is 4. The van der Waals surface area contributed by atoms with Crippen molar-refractivity contribution in [3.05, 3.63) is 36.5 Å². The fraction of sp³-hybridized carbons (Fsp3) is 0.579. The van der Waals surface area contributed by atoms with Gasteiger partial charge in [-0.05, 0) is 32.1 Å². The number of allylic oxidation sites excluding steroid dienone is 6. The Morgan fingerprint density at radius 1 is 0.870 bits per heavy atom. The molecule has 0 aromatic rings. The Balaban J connectivity index is 3.52. The predicted molar refractivity (Wildman–Crippen MR) is 98.8 cm³/mol. The molecule has 0 unspecified atom stereocenters. The van der Waals surface area contributed by atoms with E-state index in [-0.39, 0.29) is 5.75 Å². The van der Waals surface area contributed by atoms with Crippen LogP contribution in [0.3, 0.4) is 0 Å². The number of rotatable bonds is 12. The zero-order valence-corrected chi connectivity index (χ0v) is 15.0. The highest BCUT2D eigenvalue weighted by Gasteiger charge is 2.01. The molecule has 0 amide bonds. The summed E-state index contributed by atoms with van der Waals surface area (Å²) in [5, 5.41) is 0. The molecule has 0 rings (SSSR count). The van der Waals surface area contributed by atoms with E-state index in [1.165, 1.54) is 25.7 Å². The monoisotopic (exact) mass is 338 g/mol. The van der Waals surface area contributed by atoms with Gasteiger partial charge >= 0.3 is 0 Å². The van der Waals surface area contributed by atoms with E-state index in [1.807, 2.05) is 6.08 Å². The summed E-state index contributed by atoms with van der Waals surface area (Å²) in [4.78, 5) is 0. The third-order valence-corrected chi connectivity index (χ3v) is 3.87. The van der Waals surface area contributed by atoms with Crippen LogP contribution in [0, 0.1) is 11.8 Å². The summed E-state index contributed by atoms with van der Waals surface area (Å²) in [5.41, 5.74) is 0. The topological polar surface area (TPSA) is 54.4 Å². The molecule has 0 bridgehead atoms. The van der Waals surface area contributed by atoms with Crippen LogP contribution in [-0.2, 0) is 10.1 Å². The molecule has 0 fully saturated rings. The molecule has 0 aliphatic rings. The lowest BCUT2D eigenvalue weighted by Gasteiger charge is -1.91. The molecule has 0 heterocycles. The number of hydrogen-bond acceptors (Lipinski definition) is 2. The summed E-state index contributed by atoms with van der Waals surface area (Å²) in [6.07, 6.45) is 21.4. The molecule has 4 heteroatoms. The normalized spacial score (nSPS) is 12.3. The third-order valence-electron chi connectivity index (χ3n) is 3.07. The first kappa shape index (κ1) is 21.7. The van der Waals surface area contributed by atoms with Gasteiger partial charge in [-0.1, -0.05) is 62.1 Å². The molecule has 0 aliphatic heterocycles. The van der Waals surface area contributed by atoms with Crippen LogP contribution in [-0.4, -0.2) is 18.7 Å². The van der Waals surface area contributed by atoms with Gasteiger partial charge in [0.15, 0.2) is 0 Å². The minimum Gasteiger partial charge on any atom is -0.286 e. The van der Waals surface area contributed by atoms with Crippen molar-refractivity contribution in [1.29, 1.82) is 0 Å². The van der Waals surface area contributed by atoms with Gasteiger partial charge in [-0.3, -0.25) is 4.55 Å². The molecular weight excluding hydrogens is 308 g/mol. The zero-order valence-electron chi connectivity index (χ0n) is 14.2. The quantitative estimate of drug-likeness (QED) is 0.234. The summed E-state index contributed by atoms with van der Waals surface area (Å²) in [6, 6.07) is 0. The standard InChI is InChI=1S/C19H30O3S/c1-2-3-4-5-6-7-8-9-10-11-12-13-14-15-16-17-18-19-23(20,21)22/h6-7,9-10,12-13H,2-5,8,11,14,17-19H2,1H3,(H,20,21,22). The van der Waals surface area contributed by atoms with Crippen LogP contribution in [0.2, 0.25) is 0 Å². The minimum absolute atomic E-state index is 0.213. The SMILES string of the molecule is CCCCCC=CCC=CCC=CCC#CCCCS(=O)(=O)O. The molecule has 0 aromatic carbocycles. The lowest BCUT2D eigenvalue weighted by atomic mass is 10.2. The van der Waals surface area contributed by atoms with Crippen molar-refractivity contribution in [2.45, 2.75) is 64.7 Å². The van der Waals surface area contributed by atoms with Crippen LogP contribution in [0.25, 0.3) is 0 Å². The first-order chi connectivity index (χ1) is 11.1. The molecule has 0 aliphatic carbocycles. The summed E-state index contributed by atoms with van der Waals surface area (Å²) < 4.78 is 29.5. The third kappa shape index (κ3) is 20.7. The van der Waals surface area contributed by atoms with Gasteiger partial charge in [0.2, 0.25) is 0 Å². The van der Waals surface area contributed by atoms with Crippen molar-refractivity contribution in [3.63, 3.8) is 0 Å². The molecule has 0 saturated carbocycles. The fourth-order valence-electron chi connectivity index (χ4n) is 1.82. The van der Waals surface area contributed by atoms with Gasteiger partial charge in [0, 0.05) is 12.8 Å². The Labute approximate surface area is 142 Å². The molecule has 0 atom stereocenters. The van der Waals surface area contributed by atoms with E-state index in [2.05, 4.69) is 49.1 Å². The van der Waals surface area contributed by atoms with Gasteiger partial charge in [-0.15, -0.1) is 5.92 Å². The summed E-state index contributed by atoms with van der Waals surface area (Å²) in [5.74, 6) is 5.64. The summed E-state index contributed by atoms with van der Waals surface area (Å²) in [6.45, 7) is 2.22. The van der Waals surface area contributed by atoms with Gasteiger partial charge in [0.05, 0.1) is 5.75 Å². The van der Waals surface area contributed by atoms with Gasteiger partial charge in [-0.2, -0.15) is 8.42 Å². The Kier molecular flexibility index (Phi) is 14.7. The van der Waals surface area contributed by atoms with Crippen molar-refractivity contribution in [3.8, 4) is 11.8 Å². The zero-order chi connectivity index (χ0) is 17.2. The first-order valence-electron chi connectivity index (χ1n) is 8.42. The summed E-state index contributed by atoms with van der Waals surface area (Å²) >= 11 is 0. The highest BCUT2D eigenvalue weighted by Crippen LogP contribution is 2.00. The van der Waals surface area contributed by atoms with Crippen molar-refractivity contribution in [1.82, 2.24) is 0 Å². The second-order valence-corrected chi connectivity index (χ2v) is 6.90. The average Bonchev–Trinajstić information content (AvgIpc) is 2.49. The minimum atomic E-state index is -3.84. The van der Waals surface area contributed by atoms with Gasteiger partial charge < -0.3 is 0 Å². The molecule has 1 N–H and O–H groups in total. The predicted octanol–water partition coefficient (Wildman–Crippen LogP) is 5.08.